The summed E-state index contributed by atoms with van der Waals surface area (Å²) in [6.45, 7) is 11.6. The number of ketones is 2. The lowest BCUT2D eigenvalue weighted by Gasteiger charge is -2.03. The molecule has 0 rings (SSSR count). The number of Topliss-reactive ketones (excluding diaryl/α,β-unsaturated/α-hetero) is 2. The molecule has 0 fully saturated rings. The predicted octanol–water partition coefficient (Wildman–Crippen LogP) is 9.89. The highest BCUT2D eigenvalue weighted by Gasteiger charge is 2.05. The average molecular weight is 385 g/mol. The molecule has 2 atom stereocenters. The quantitative estimate of drug-likeness (QED) is 0.417. The van der Waals surface area contributed by atoms with Gasteiger partial charge in [-0.15, -0.1) is 0 Å². The molecule has 2 nitrogen and oxygen atoms in total. The van der Waals surface area contributed by atoms with E-state index in [0.717, 1.165) is 12.8 Å². The van der Waals surface area contributed by atoms with E-state index in [-0.39, 0.29) is 71.2 Å². The van der Waals surface area contributed by atoms with Gasteiger partial charge in [-0.1, -0.05) is 113 Å². The van der Waals surface area contributed by atoms with Gasteiger partial charge in [0.15, 0.2) is 0 Å². The Bertz CT molecular complexity index is 198. The van der Waals surface area contributed by atoms with Crippen LogP contribution in [-0.4, -0.2) is 11.6 Å². The van der Waals surface area contributed by atoms with Gasteiger partial charge in [0.25, 0.3) is 0 Å². The van der Waals surface area contributed by atoms with Crippen LogP contribution in [0.15, 0.2) is 0 Å². The third kappa shape index (κ3) is 49.5. The minimum atomic E-state index is 0. The van der Waals surface area contributed by atoms with E-state index >= 15 is 0 Å². The Balaban J connectivity index is -0.0000000188. The van der Waals surface area contributed by atoms with Crippen LogP contribution in [0.3, 0.4) is 0 Å². The standard InChI is InChI=1S/2C8H16O.8CH4/c2*1-4-5-6-7(2)8(3)9;;;;;;;;/h2*7H,4-6H2,1-3H3;8*1H4. The normalized spacial score (nSPS) is 9.15. The number of hydrogen-bond acceptors (Lipinski definition) is 2. The van der Waals surface area contributed by atoms with E-state index < -0.39 is 0 Å². The van der Waals surface area contributed by atoms with Gasteiger partial charge in [0.1, 0.15) is 11.6 Å². The van der Waals surface area contributed by atoms with Crippen molar-refractivity contribution in [1.29, 1.82) is 0 Å². The first-order valence-corrected chi connectivity index (χ1v) is 7.37. The molecule has 0 heterocycles. The van der Waals surface area contributed by atoms with Gasteiger partial charge in [-0.2, -0.15) is 0 Å². The Kier molecular flexibility index (Phi) is 108. The Labute approximate surface area is 173 Å². The van der Waals surface area contributed by atoms with Gasteiger partial charge in [-0.05, 0) is 26.7 Å². The van der Waals surface area contributed by atoms with E-state index in [2.05, 4.69) is 13.8 Å². The summed E-state index contributed by atoms with van der Waals surface area (Å²) >= 11 is 0. The van der Waals surface area contributed by atoms with Crippen molar-refractivity contribution < 1.29 is 9.59 Å². The number of hydrogen-bond donors (Lipinski definition) is 0. The van der Waals surface area contributed by atoms with Gasteiger partial charge in [0.2, 0.25) is 0 Å². The molecular formula is C24H64O2. The monoisotopic (exact) mass is 384 g/mol. The van der Waals surface area contributed by atoms with Crippen LogP contribution in [0.25, 0.3) is 0 Å². The highest BCUT2D eigenvalue weighted by molar-refractivity contribution is 5.78. The topological polar surface area (TPSA) is 34.1 Å². The van der Waals surface area contributed by atoms with E-state index in [4.69, 9.17) is 0 Å². The second-order valence-electron chi connectivity index (χ2n) is 5.31. The van der Waals surface area contributed by atoms with E-state index in [1.165, 1.54) is 25.7 Å². The summed E-state index contributed by atoms with van der Waals surface area (Å²) in [7, 11) is 0. The van der Waals surface area contributed by atoms with Gasteiger partial charge in [0.05, 0.1) is 0 Å². The molecule has 0 N–H and O–H groups in total. The molecule has 0 aliphatic heterocycles. The Morgan fingerprint density at radius 1 is 0.577 bits per heavy atom. The van der Waals surface area contributed by atoms with Crippen LogP contribution in [0.1, 0.15) is 139 Å². The zero-order chi connectivity index (χ0) is 14.6. The van der Waals surface area contributed by atoms with Gasteiger partial charge in [-0.25, -0.2) is 0 Å². The number of carbonyl (C=O) groups is 2. The molecule has 0 aliphatic rings. The van der Waals surface area contributed by atoms with Gasteiger partial charge >= 0.3 is 0 Å². The minimum Gasteiger partial charge on any atom is -0.300 e. The van der Waals surface area contributed by atoms with Gasteiger partial charge < -0.3 is 0 Å². The summed E-state index contributed by atoms with van der Waals surface area (Å²) < 4.78 is 0. The second-order valence-corrected chi connectivity index (χ2v) is 5.31. The van der Waals surface area contributed by atoms with Crippen LogP contribution in [0.4, 0.5) is 0 Å². The van der Waals surface area contributed by atoms with Crippen LogP contribution in [0.2, 0.25) is 0 Å². The molecule has 0 saturated heterocycles. The summed E-state index contributed by atoms with van der Waals surface area (Å²) in [5.74, 6) is 1.21. The SMILES string of the molecule is C.C.C.C.C.C.C.C.CCCCC(C)C(C)=O.CCCCC(C)C(C)=O. The fourth-order valence-electron chi connectivity index (χ4n) is 1.43. The molecule has 0 bridgehead atoms. The molecule has 2 heteroatoms. The predicted molar refractivity (Wildman–Crippen MR) is 133 cm³/mol. The summed E-state index contributed by atoms with van der Waals surface area (Å²) in [5.41, 5.74) is 0. The molecular weight excluding hydrogens is 320 g/mol. The molecule has 0 spiro atoms. The largest absolute Gasteiger partial charge is 0.300 e. The van der Waals surface area contributed by atoms with Crippen molar-refractivity contribution in [3.8, 4) is 0 Å². The van der Waals surface area contributed by atoms with Gasteiger partial charge in [0, 0.05) is 11.8 Å². The van der Waals surface area contributed by atoms with Crippen LogP contribution in [0.5, 0.6) is 0 Å². The molecule has 2 unspecified atom stereocenters. The van der Waals surface area contributed by atoms with Crippen LogP contribution in [-0.2, 0) is 9.59 Å². The van der Waals surface area contributed by atoms with Crippen molar-refractivity contribution in [3.05, 3.63) is 0 Å². The summed E-state index contributed by atoms with van der Waals surface area (Å²) in [6, 6.07) is 0. The third-order valence-corrected chi connectivity index (χ3v) is 3.37. The first kappa shape index (κ1) is 63.8. The lowest BCUT2D eigenvalue weighted by atomic mass is 10.0. The van der Waals surface area contributed by atoms with Crippen LogP contribution in [0, 0.1) is 11.8 Å². The minimum absolute atomic E-state index is 0. The third-order valence-electron chi connectivity index (χ3n) is 3.37. The molecule has 172 valence electrons. The maximum atomic E-state index is 10.6. The van der Waals surface area contributed by atoms with E-state index in [1.54, 1.807) is 13.8 Å². The lowest BCUT2D eigenvalue weighted by Crippen LogP contribution is -2.05. The molecule has 0 radical (unpaired) electrons. The zero-order valence-electron chi connectivity index (χ0n) is 13.2. The van der Waals surface area contributed by atoms with E-state index in [0.29, 0.717) is 11.6 Å². The fourth-order valence-corrected chi connectivity index (χ4v) is 1.43. The van der Waals surface area contributed by atoms with Crippen molar-refractivity contribution in [3.63, 3.8) is 0 Å². The number of rotatable bonds is 8. The van der Waals surface area contributed by atoms with Crippen molar-refractivity contribution in [1.82, 2.24) is 0 Å². The molecule has 0 amide bonds. The Morgan fingerprint density at radius 2 is 0.769 bits per heavy atom. The summed E-state index contributed by atoms with van der Waals surface area (Å²) in [6.07, 6.45) is 6.87. The van der Waals surface area contributed by atoms with E-state index in [1.807, 2.05) is 13.8 Å². The smallest absolute Gasteiger partial charge is 0.132 e. The first-order valence-electron chi connectivity index (χ1n) is 7.37. The molecule has 0 saturated carbocycles. The molecule has 0 aromatic heterocycles. The highest BCUT2D eigenvalue weighted by Crippen LogP contribution is 2.08. The average Bonchev–Trinajstić information content (AvgIpc) is 2.33. The lowest BCUT2D eigenvalue weighted by molar-refractivity contribution is -0.121. The Hall–Kier alpha value is -0.660. The maximum Gasteiger partial charge on any atom is 0.132 e. The van der Waals surface area contributed by atoms with Crippen molar-refractivity contribution >= 4 is 11.6 Å². The zero-order valence-corrected chi connectivity index (χ0v) is 13.2. The van der Waals surface area contributed by atoms with Crippen molar-refractivity contribution in [2.75, 3.05) is 0 Å². The first-order chi connectivity index (χ1) is 8.36. The maximum absolute atomic E-state index is 10.6. The van der Waals surface area contributed by atoms with Gasteiger partial charge in [-0.3, -0.25) is 9.59 Å². The molecule has 26 heavy (non-hydrogen) atoms. The van der Waals surface area contributed by atoms with Crippen LogP contribution < -0.4 is 0 Å². The highest BCUT2D eigenvalue weighted by atomic mass is 16.1. The molecule has 0 aliphatic carbocycles. The second kappa shape index (κ2) is 44.1. The summed E-state index contributed by atoms with van der Waals surface area (Å²) in [4.78, 5) is 21.3. The fraction of sp³-hybridized carbons (Fsp3) is 0.917. The van der Waals surface area contributed by atoms with Crippen molar-refractivity contribution in [2.24, 2.45) is 11.8 Å². The number of carbonyl (C=O) groups excluding carboxylic acids is 2. The Morgan fingerprint density at radius 3 is 0.885 bits per heavy atom. The molecule has 0 aromatic rings. The van der Waals surface area contributed by atoms with Crippen molar-refractivity contribution in [2.45, 2.75) is 139 Å². The summed E-state index contributed by atoms with van der Waals surface area (Å²) in [5, 5.41) is 0. The molecule has 0 aromatic carbocycles. The van der Waals surface area contributed by atoms with E-state index in [9.17, 15) is 9.59 Å². The van der Waals surface area contributed by atoms with Crippen LogP contribution >= 0.6 is 0 Å². The number of unbranched alkanes of at least 4 members (excludes halogenated alkanes) is 2.